The predicted molar refractivity (Wildman–Crippen MR) is 116 cm³/mol. The molecule has 0 spiro atoms. The van der Waals surface area contributed by atoms with Crippen LogP contribution in [0.1, 0.15) is 38.2 Å². The molecule has 2 aromatic rings. The van der Waals surface area contributed by atoms with Crippen molar-refractivity contribution in [2.75, 3.05) is 11.6 Å². The van der Waals surface area contributed by atoms with E-state index in [-0.39, 0.29) is 30.3 Å². The minimum Gasteiger partial charge on any atom is -0.326 e. The summed E-state index contributed by atoms with van der Waals surface area (Å²) in [6, 6.07) is 8.76. The number of carbonyl (C=O) groups is 2. The Morgan fingerprint density at radius 3 is 2.55 bits per heavy atom. The molecule has 3 rings (SSSR count). The molecule has 1 aromatic heterocycles. The van der Waals surface area contributed by atoms with Gasteiger partial charge in [0.05, 0.1) is 0 Å². The molecule has 2 amide bonds. The fourth-order valence-corrected chi connectivity index (χ4v) is 4.49. The molecule has 2 atom stereocenters. The summed E-state index contributed by atoms with van der Waals surface area (Å²) in [4.78, 5) is 36.3. The zero-order valence-electron chi connectivity index (χ0n) is 17.5. The van der Waals surface area contributed by atoms with Gasteiger partial charge in [0, 0.05) is 37.2 Å². The van der Waals surface area contributed by atoms with Gasteiger partial charge in [0.1, 0.15) is 0 Å². The highest BCUT2D eigenvalue weighted by molar-refractivity contribution is 7.92. The van der Waals surface area contributed by atoms with Gasteiger partial charge in [0.15, 0.2) is 14.6 Å². The molecule has 2 unspecified atom stereocenters. The summed E-state index contributed by atoms with van der Waals surface area (Å²) >= 11 is 0. The maximum atomic E-state index is 12.6. The Kier molecular flexibility index (Phi) is 6.06. The van der Waals surface area contributed by atoms with Gasteiger partial charge in [-0.05, 0) is 54.2 Å². The van der Waals surface area contributed by atoms with Gasteiger partial charge in [-0.3, -0.25) is 19.6 Å². The molecule has 9 nitrogen and oxygen atoms in total. The summed E-state index contributed by atoms with van der Waals surface area (Å²) in [5.41, 5.74) is 4.32. The average molecular weight is 448 g/mol. The molecule has 1 aliphatic heterocycles. The van der Waals surface area contributed by atoms with Gasteiger partial charge in [-0.2, -0.15) is 0 Å². The number of sulfone groups is 1. The van der Waals surface area contributed by atoms with E-state index < -0.39 is 20.5 Å². The Balaban J connectivity index is 1.86. The highest BCUT2D eigenvalue weighted by atomic mass is 32.2. The molecule has 0 saturated carbocycles. The summed E-state index contributed by atoms with van der Waals surface area (Å²) in [6.07, 6.45) is 2.67. The maximum Gasteiger partial charge on any atom is 0.264 e. The highest BCUT2D eigenvalue weighted by Gasteiger charge is 2.43. The molecule has 0 aliphatic carbocycles. The first kappa shape index (κ1) is 22.7. The van der Waals surface area contributed by atoms with Crippen LogP contribution in [0.3, 0.4) is 0 Å². The molecular weight excluding hydrogens is 422 g/mol. The van der Waals surface area contributed by atoms with E-state index >= 15 is 0 Å². The van der Waals surface area contributed by atoms with Crippen LogP contribution in [0.2, 0.25) is 0 Å². The number of benzene rings is 1. The number of hydrogen-bond acceptors (Lipinski definition) is 6. The molecule has 2 heterocycles. The zero-order chi connectivity index (χ0) is 23.0. The number of hydroxylamine groups is 1. The van der Waals surface area contributed by atoms with Crippen molar-refractivity contribution >= 4 is 27.3 Å². The van der Waals surface area contributed by atoms with E-state index in [0.717, 1.165) is 23.1 Å². The Labute approximate surface area is 180 Å². The first-order chi connectivity index (χ1) is 14.5. The van der Waals surface area contributed by atoms with Crippen molar-refractivity contribution in [3.05, 3.63) is 52.4 Å². The molecule has 0 saturated heterocycles. The smallest absolute Gasteiger partial charge is 0.264 e. The van der Waals surface area contributed by atoms with Gasteiger partial charge in [0.25, 0.3) is 11.5 Å². The van der Waals surface area contributed by atoms with Crippen molar-refractivity contribution in [2.24, 2.45) is 0 Å². The predicted octanol–water partition coefficient (Wildman–Crippen LogP) is 1.66. The van der Waals surface area contributed by atoms with Gasteiger partial charge in [-0.1, -0.05) is 13.0 Å². The molecule has 166 valence electrons. The van der Waals surface area contributed by atoms with Crippen molar-refractivity contribution in [2.45, 2.75) is 43.9 Å². The number of aryl methyl sites for hydroxylation is 1. The number of aromatic nitrogens is 1. The van der Waals surface area contributed by atoms with Crippen molar-refractivity contribution in [3.63, 3.8) is 0 Å². The molecule has 0 fully saturated rings. The standard InChI is InChI=1S/C21H25N3O6S/c1-13-10-18(25)22-17-5-4-14(11-16(13)17)15-6-8-24(19(26)12-15)9-7-21(2,20(27)23-28)31(3,29)30/h4-6,8,11-13,28H,7,9-10H2,1-3H3,(H,22,25)(H,23,27). The van der Waals surface area contributed by atoms with Crippen molar-refractivity contribution in [1.29, 1.82) is 0 Å². The second-order valence-corrected chi connectivity index (χ2v) is 10.5. The number of nitrogens with zero attached hydrogens (tertiary/aromatic N) is 1. The van der Waals surface area contributed by atoms with Crippen LogP contribution < -0.4 is 16.4 Å². The van der Waals surface area contributed by atoms with E-state index in [0.29, 0.717) is 12.0 Å². The maximum absolute atomic E-state index is 12.6. The second kappa shape index (κ2) is 8.27. The van der Waals surface area contributed by atoms with Crippen molar-refractivity contribution in [1.82, 2.24) is 10.0 Å². The Morgan fingerprint density at radius 2 is 1.94 bits per heavy atom. The summed E-state index contributed by atoms with van der Waals surface area (Å²) in [6.45, 7) is 3.16. The third-order valence-electron chi connectivity index (χ3n) is 5.91. The second-order valence-electron chi connectivity index (χ2n) is 8.10. The fourth-order valence-electron chi connectivity index (χ4n) is 3.64. The molecule has 1 aliphatic rings. The third-order valence-corrected chi connectivity index (χ3v) is 7.93. The topological polar surface area (TPSA) is 135 Å². The summed E-state index contributed by atoms with van der Waals surface area (Å²) in [5.74, 6) is -1.00. The van der Waals surface area contributed by atoms with Crippen molar-refractivity contribution < 1.29 is 23.2 Å². The quantitative estimate of drug-likeness (QED) is 0.455. The number of nitrogens with one attached hydrogen (secondary N) is 2. The van der Waals surface area contributed by atoms with Crippen molar-refractivity contribution in [3.8, 4) is 11.1 Å². The van der Waals surface area contributed by atoms with E-state index in [1.54, 1.807) is 12.3 Å². The van der Waals surface area contributed by atoms with E-state index in [1.807, 2.05) is 25.1 Å². The monoisotopic (exact) mass is 447 g/mol. The van der Waals surface area contributed by atoms with Crippen LogP contribution in [0.4, 0.5) is 5.69 Å². The SMILES string of the molecule is CC1CC(=O)Nc2ccc(-c3ccn(CCC(C)(C(=O)NO)S(C)(=O)=O)c(=O)c3)cc21. The first-order valence-corrected chi connectivity index (χ1v) is 11.6. The Morgan fingerprint density at radius 1 is 1.26 bits per heavy atom. The Hall–Kier alpha value is -2.98. The lowest BCUT2D eigenvalue weighted by molar-refractivity contribution is -0.131. The van der Waals surface area contributed by atoms with Gasteiger partial charge >= 0.3 is 0 Å². The first-order valence-electron chi connectivity index (χ1n) is 9.75. The minimum absolute atomic E-state index is 0.0219. The summed E-state index contributed by atoms with van der Waals surface area (Å²) < 4.78 is 23.6. The minimum atomic E-state index is -3.85. The zero-order valence-corrected chi connectivity index (χ0v) is 18.3. The van der Waals surface area contributed by atoms with Crippen LogP contribution in [0.5, 0.6) is 0 Å². The molecule has 1 aromatic carbocycles. The fraction of sp³-hybridized carbons (Fsp3) is 0.381. The lowest BCUT2D eigenvalue weighted by atomic mass is 9.90. The normalized spacial score (nSPS) is 17.9. The number of amides is 2. The van der Waals surface area contributed by atoms with Crippen LogP contribution in [0.25, 0.3) is 11.1 Å². The number of fused-ring (bicyclic) bond motifs is 1. The number of hydrogen-bond donors (Lipinski definition) is 3. The summed E-state index contributed by atoms with van der Waals surface area (Å²) in [5, 5.41) is 11.8. The van der Waals surface area contributed by atoms with E-state index in [1.165, 1.54) is 23.0 Å². The van der Waals surface area contributed by atoms with Gasteiger partial charge in [-0.15, -0.1) is 0 Å². The molecule has 0 bridgehead atoms. The number of carbonyl (C=O) groups excluding carboxylic acids is 2. The van der Waals surface area contributed by atoms with Crippen LogP contribution in [0, 0.1) is 0 Å². The van der Waals surface area contributed by atoms with E-state index in [2.05, 4.69) is 5.32 Å². The molecule has 0 radical (unpaired) electrons. The molecular formula is C21H25N3O6S. The Bertz CT molecular complexity index is 1200. The lowest BCUT2D eigenvalue weighted by Crippen LogP contribution is -2.49. The van der Waals surface area contributed by atoms with E-state index in [4.69, 9.17) is 5.21 Å². The number of anilines is 1. The van der Waals surface area contributed by atoms with Gasteiger partial charge in [0.2, 0.25) is 5.91 Å². The average Bonchev–Trinajstić information content (AvgIpc) is 2.70. The highest BCUT2D eigenvalue weighted by Crippen LogP contribution is 2.34. The van der Waals surface area contributed by atoms with Crippen LogP contribution in [0.15, 0.2) is 41.3 Å². The number of rotatable bonds is 6. The van der Waals surface area contributed by atoms with Crippen LogP contribution in [-0.4, -0.2) is 41.0 Å². The molecule has 10 heteroatoms. The van der Waals surface area contributed by atoms with Gasteiger partial charge < -0.3 is 9.88 Å². The van der Waals surface area contributed by atoms with Gasteiger partial charge in [-0.25, -0.2) is 13.9 Å². The molecule has 3 N–H and O–H groups in total. The van der Waals surface area contributed by atoms with Crippen LogP contribution >= 0.6 is 0 Å². The molecule has 31 heavy (non-hydrogen) atoms. The lowest BCUT2D eigenvalue weighted by Gasteiger charge is -2.25. The summed E-state index contributed by atoms with van der Waals surface area (Å²) in [7, 11) is -3.85. The third kappa shape index (κ3) is 4.40. The van der Waals surface area contributed by atoms with E-state index in [9.17, 15) is 22.8 Å². The largest absolute Gasteiger partial charge is 0.326 e. The van der Waals surface area contributed by atoms with Crippen LogP contribution in [-0.2, 0) is 26.0 Å². The number of pyridine rings is 1.